The van der Waals surface area contributed by atoms with Crippen molar-refractivity contribution in [1.82, 2.24) is 0 Å². The molecule has 9 nitrogen and oxygen atoms in total. The molecule has 0 aliphatic rings. The Labute approximate surface area is 161 Å². The third-order valence-corrected chi connectivity index (χ3v) is 4.50. The Morgan fingerprint density at radius 3 is 2.50 bits per heavy atom. The molecule has 0 aliphatic carbocycles. The molecule has 0 aliphatic heterocycles. The molecule has 0 atom stereocenters. The van der Waals surface area contributed by atoms with Gasteiger partial charge in [-0.05, 0) is 30.2 Å². The van der Waals surface area contributed by atoms with E-state index >= 15 is 0 Å². The number of carbonyl (C=O) groups is 2. The first-order chi connectivity index (χ1) is 13.1. The molecule has 10 heteroatoms. The van der Waals surface area contributed by atoms with E-state index in [9.17, 15) is 28.1 Å². The second-order valence-electron chi connectivity index (χ2n) is 6.12. The zero-order valence-corrected chi connectivity index (χ0v) is 16.0. The fourth-order valence-corrected chi connectivity index (χ4v) is 3.23. The minimum absolute atomic E-state index is 0.0312. The van der Waals surface area contributed by atoms with Gasteiger partial charge in [0.25, 0.3) is 11.6 Å². The van der Waals surface area contributed by atoms with Gasteiger partial charge < -0.3 is 10.1 Å². The molecule has 0 heterocycles. The number of hydrogen-bond acceptors (Lipinski definition) is 7. The summed E-state index contributed by atoms with van der Waals surface area (Å²) in [5.74, 6) is -1.78. The molecule has 0 spiro atoms. The van der Waals surface area contributed by atoms with Crippen LogP contribution in [0.4, 0.5) is 11.4 Å². The highest BCUT2D eigenvalue weighted by molar-refractivity contribution is 7.89. The number of ether oxygens (including phenoxy) is 1. The number of nitrogens with one attached hydrogen (secondary N) is 1. The summed E-state index contributed by atoms with van der Waals surface area (Å²) in [5.41, 5.74) is 0.756. The Morgan fingerprint density at radius 1 is 1.18 bits per heavy atom. The van der Waals surface area contributed by atoms with Crippen molar-refractivity contribution in [1.29, 1.82) is 0 Å². The third-order valence-electron chi connectivity index (χ3n) is 3.64. The van der Waals surface area contributed by atoms with Crippen LogP contribution in [0, 0.1) is 17.0 Å². The van der Waals surface area contributed by atoms with Crippen molar-refractivity contribution in [2.45, 2.75) is 12.7 Å². The number of aryl methyl sites for hydroxylation is 1. The Morgan fingerprint density at radius 2 is 1.86 bits per heavy atom. The molecule has 148 valence electrons. The number of carbonyl (C=O) groups excluding carboxylic acids is 2. The summed E-state index contributed by atoms with van der Waals surface area (Å²) in [6, 6.07) is 10.2. The minimum Gasteiger partial charge on any atom is -0.452 e. The summed E-state index contributed by atoms with van der Waals surface area (Å²) in [4.78, 5) is 34.6. The Balaban J connectivity index is 2.03. The number of benzene rings is 2. The first-order valence-electron chi connectivity index (χ1n) is 8.04. The summed E-state index contributed by atoms with van der Waals surface area (Å²) in [7, 11) is -3.27. The van der Waals surface area contributed by atoms with Crippen molar-refractivity contribution >= 4 is 33.1 Å². The lowest BCUT2D eigenvalue weighted by atomic mass is 10.1. The standard InChI is InChI=1S/C18H18N2O7S/c1-12-5-3-8-15(20(23)24)17(12)19-16(21)10-27-18(22)14-7-4-6-13(9-14)11-28(2,25)26/h3-9H,10-11H2,1-2H3,(H,19,21). The van der Waals surface area contributed by atoms with Gasteiger partial charge in [0.2, 0.25) is 0 Å². The van der Waals surface area contributed by atoms with Crippen LogP contribution >= 0.6 is 0 Å². The zero-order valence-electron chi connectivity index (χ0n) is 15.2. The van der Waals surface area contributed by atoms with E-state index in [4.69, 9.17) is 4.74 Å². The second kappa shape index (κ2) is 8.61. The number of nitrogens with zero attached hydrogens (tertiary/aromatic N) is 1. The normalized spacial score (nSPS) is 10.9. The molecule has 1 N–H and O–H groups in total. The summed E-state index contributed by atoms with van der Waals surface area (Å²) >= 11 is 0. The average Bonchev–Trinajstić information content (AvgIpc) is 2.60. The Bertz CT molecular complexity index is 1030. The van der Waals surface area contributed by atoms with Gasteiger partial charge in [-0.25, -0.2) is 13.2 Å². The van der Waals surface area contributed by atoms with Gasteiger partial charge in [0, 0.05) is 12.3 Å². The van der Waals surface area contributed by atoms with Crippen LogP contribution in [-0.2, 0) is 25.1 Å². The number of nitro benzene ring substituents is 1. The summed E-state index contributed by atoms with van der Waals surface area (Å²) in [5, 5.41) is 13.4. The fraction of sp³-hybridized carbons (Fsp3) is 0.222. The van der Waals surface area contributed by atoms with E-state index in [2.05, 4.69) is 5.32 Å². The van der Waals surface area contributed by atoms with Crippen molar-refractivity contribution in [3.8, 4) is 0 Å². The monoisotopic (exact) mass is 406 g/mol. The minimum atomic E-state index is -3.27. The topological polar surface area (TPSA) is 133 Å². The zero-order chi connectivity index (χ0) is 20.9. The van der Waals surface area contributed by atoms with Crippen LogP contribution in [0.3, 0.4) is 0 Å². The van der Waals surface area contributed by atoms with Crippen LogP contribution < -0.4 is 5.32 Å². The van der Waals surface area contributed by atoms with Gasteiger partial charge >= 0.3 is 5.97 Å². The van der Waals surface area contributed by atoms with Crippen molar-refractivity contribution in [2.75, 3.05) is 18.2 Å². The quantitative estimate of drug-likeness (QED) is 0.423. The average molecular weight is 406 g/mol. The fourth-order valence-electron chi connectivity index (χ4n) is 2.45. The maximum absolute atomic E-state index is 12.1. The van der Waals surface area contributed by atoms with Crippen LogP contribution in [0.2, 0.25) is 0 Å². The van der Waals surface area contributed by atoms with Gasteiger partial charge in [0.15, 0.2) is 16.4 Å². The number of para-hydroxylation sites is 1. The van der Waals surface area contributed by atoms with Crippen molar-refractivity contribution in [3.05, 3.63) is 69.3 Å². The van der Waals surface area contributed by atoms with Crippen LogP contribution in [0.15, 0.2) is 42.5 Å². The molecule has 0 saturated carbocycles. The smallest absolute Gasteiger partial charge is 0.338 e. The van der Waals surface area contributed by atoms with E-state index in [1.807, 2.05) is 0 Å². The summed E-state index contributed by atoms with van der Waals surface area (Å²) < 4.78 is 27.6. The van der Waals surface area contributed by atoms with E-state index in [1.165, 1.54) is 30.3 Å². The van der Waals surface area contributed by atoms with Crippen LogP contribution in [-0.4, -0.2) is 38.1 Å². The van der Waals surface area contributed by atoms with E-state index in [-0.39, 0.29) is 22.7 Å². The van der Waals surface area contributed by atoms with Crippen molar-refractivity contribution in [3.63, 3.8) is 0 Å². The van der Waals surface area contributed by atoms with E-state index < -0.39 is 33.2 Å². The highest BCUT2D eigenvalue weighted by Crippen LogP contribution is 2.27. The molecule has 2 aromatic rings. The highest BCUT2D eigenvalue weighted by atomic mass is 32.2. The number of sulfone groups is 1. The van der Waals surface area contributed by atoms with Crippen LogP contribution in [0.25, 0.3) is 0 Å². The molecule has 28 heavy (non-hydrogen) atoms. The number of nitro groups is 1. The highest BCUT2D eigenvalue weighted by Gasteiger charge is 2.19. The van der Waals surface area contributed by atoms with E-state index in [0.717, 1.165) is 6.26 Å². The van der Waals surface area contributed by atoms with Gasteiger partial charge in [-0.15, -0.1) is 0 Å². The number of rotatable bonds is 7. The first kappa shape index (κ1) is 21.0. The van der Waals surface area contributed by atoms with Gasteiger partial charge in [0.1, 0.15) is 5.69 Å². The van der Waals surface area contributed by atoms with Gasteiger partial charge in [0.05, 0.1) is 16.2 Å². The summed E-state index contributed by atoms with van der Waals surface area (Å²) in [6.45, 7) is 0.947. The number of esters is 1. The Hall–Kier alpha value is -3.27. The van der Waals surface area contributed by atoms with Crippen LogP contribution in [0.5, 0.6) is 0 Å². The predicted octanol–water partition coefficient (Wildman–Crippen LogP) is 2.24. The maximum Gasteiger partial charge on any atom is 0.338 e. The molecule has 0 fully saturated rings. The molecule has 0 unspecified atom stereocenters. The SMILES string of the molecule is Cc1cccc([N+](=O)[O-])c1NC(=O)COC(=O)c1cccc(CS(C)(=O)=O)c1. The molecule has 0 saturated heterocycles. The lowest BCUT2D eigenvalue weighted by Crippen LogP contribution is -2.22. The van der Waals surface area contributed by atoms with Crippen LogP contribution in [0.1, 0.15) is 21.5 Å². The number of anilines is 1. The molecule has 0 radical (unpaired) electrons. The molecular weight excluding hydrogens is 388 g/mol. The van der Waals surface area contributed by atoms with Crippen molar-refractivity contribution in [2.24, 2.45) is 0 Å². The lowest BCUT2D eigenvalue weighted by Gasteiger charge is -2.10. The third kappa shape index (κ3) is 5.88. The molecule has 2 aromatic carbocycles. The largest absolute Gasteiger partial charge is 0.452 e. The first-order valence-corrected chi connectivity index (χ1v) is 10.1. The maximum atomic E-state index is 12.1. The van der Waals surface area contributed by atoms with E-state index in [0.29, 0.717) is 11.1 Å². The molecule has 1 amide bonds. The van der Waals surface area contributed by atoms with Gasteiger partial charge in [-0.1, -0.05) is 24.3 Å². The van der Waals surface area contributed by atoms with Gasteiger partial charge in [-0.3, -0.25) is 14.9 Å². The molecular formula is C18H18N2O7S. The predicted molar refractivity (Wildman–Crippen MR) is 102 cm³/mol. The molecule has 0 bridgehead atoms. The number of amides is 1. The second-order valence-corrected chi connectivity index (χ2v) is 8.26. The Kier molecular flexibility index (Phi) is 6.47. The van der Waals surface area contributed by atoms with Crippen molar-refractivity contribution < 1.29 is 27.7 Å². The van der Waals surface area contributed by atoms with Gasteiger partial charge in [-0.2, -0.15) is 0 Å². The lowest BCUT2D eigenvalue weighted by molar-refractivity contribution is -0.384. The van der Waals surface area contributed by atoms with E-state index in [1.54, 1.807) is 19.1 Å². The molecule has 2 rings (SSSR count). The summed E-state index contributed by atoms with van der Waals surface area (Å²) in [6.07, 6.45) is 1.08. The molecule has 0 aromatic heterocycles. The number of hydrogen-bond donors (Lipinski definition) is 1.